The highest BCUT2D eigenvalue weighted by Gasteiger charge is 2.34. The summed E-state index contributed by atoms with van der Waals surface area (Å²) in [5.41, 5.74) is 7.55. The van der Waals surface area contributed by atoms with Crippen LogP contribution in [0.5, 0.6) is 0 Å². The monoisotopic (exact) mass is 416 g/mol. The van der Waals surface area contributed by atoms with E-state index in [0.717, 1.165) is 11.6 Å². The summed E-state index contributed by atoms with van der Waals surface area (Å²) < 4.78 is 41.8. The second kappa shape index (κ2) is 7.56. The van der Waals surface area contributed by atoms with Crippen LogP contribution in [0.15, 0.2) is 36.5 Å². The highest BCUT2D eigenvalue weighted by Crippen LogP contribution is 2.40. The van der Waals surface area contributed by atoms with E-state index in [0.29, 0.717) is 49.2 Å². The number of alkyl halides is 3. The molecule has 3 N–H and O–H groups in total. The number of pyridine rings is 1. The van der Waals surface area contributed by atoms with Crippen LogP contribution in [0.2, 0.25) is 0 Å². The van der Waals surface area contributed by atoms with E-state index in [1.165, 1.54) is 22.9 Å². The van der Waals surface area contributed by atoms with Crippen molar-refractivity contribution in [2.24, 2.45) is 5.73 Å². The van der Waals surface area contributed by atoms with Crippen molar-refractivity contribution in [2.75, 3.05) is 6.54 Å². The van der Waals surface area contributed by atoms with Crippen LogP contribution in [-0.4, -0.2) is 32.4 Å². The summed E-state index contributed by atoms with van der Waals surface area (Å²) in [6.45, 7) is 0.748. The maximum atomic E-state index is 13.5. The van der Waals surface area contributed by atoms with Crippen molar-refractivity contribution in [1.82, 2.24) is 14.8 Å². The van der Waals surface area contributed by atoms with Crippen LogP contribution in [0.1, 0.15) is 33.6 Å². The maximum Gasteiger partial charge on any atom is 0.417 e. The van der Waals surface area contributed by atoms with Gasteiger partial charge in [0.2, 0.25) is 0 Å². The number of carboxylic acid groups (broad SMARTS) is 1. The summed E-state index contributed by atoms with van der Waals surface area (Å²) in [5, 5.41) is 14.2. The van der Waals surface area contributed by atoms with Crippen molar-refractivity contribution in [2.45, 2.75) is 32.0 Å². The van der Waals surface area contributed by atoms with E-state index in [4.69, 9.17) is 5.73 Å². The second-order valence-electron chi connectivity index (χ2n) is 7.12. The van der Waals surface area contributed by atoms with Gasteiger partial charge >= 0.3 is 12.1 Å². The molecule has 0 unspecified atom stereocenters. The molecule has 0 amide bonds. The van der Waals surface area contributed by atoms with Crippen LogP contribution >= 0.6 is 0 Å². The highest BCUT2D eigenvalue weighted by atomic mass is 19.4. The molecule has 6 nitrogen and oxygen atoms in total. The van der Waals surface area contributed by atoms with E-state index in [-0.39, 0.29) is 17.0 Å². The van der Waals surface area contributed by atoms with Crippen LogP contribution in [-0.2, 0) is 25.6 Å². The fourth-order valence-electron chi connectivity index (χ4n) is 3.86. The van der Waals surface area contributed by atoms with Crippen molar-refractivity contribution in [3.8, 4) is 22.5 Å². The van der Waals surface area contributed by atoms with Crippen LogP contribution in [0.3, 0.4) is 0 Å². The molecule has 1 aliphatic rings. The van der Waals surface area contributed by atoms with Crippen LogP contribution in [0, 0.1) is 0 Å². The Labute approximate surface area is 170 Å². The van der Waals surface area contributed by atoms with Crippen molar-refractivity contribution < 1.29 is 23.1 Å². The first-order valence-corrected chi connectivity index (χ1v) is 9.50. The number of fused-ring (bicyclic) bond motifs is 3. The van der Waals surface area contributed by atoms with Gasteiger partial charge in [-0.2, -0.15) is 18.3 Å². The zero-order valence-corrected chi connectivity index (χ0v) is 15.9. The standard InChI is InChI=1S/C21H19F3N4O2/c22-21(23,24)16-5-2-1-4-13(16)17-10-15-12(11-26-17)6-7-14-18(15)27-28(9-3-8-25)19(14)20(29)30/h1-2,4-5,10-11H,3,6-9,25H2,(H,29,30). The van der Waals surface area contributed by atoms with E-state index in [1.807, 2.05) is 0 Å². The number of nitrogens with two attached hydrogens (primary N) is 1. The molecular weight excluding hydrogens is 397 g/mol. The molecular formula is C21H19F3N4O2. The summed E-state index contributed by atoms with van der Waals surface area (Å²) in [7, 11) is 0. The number of aryl methyl sites for hydroxylation is 2. The van der Waals surface area contributed by atoms with Gasteiger partial charge in [-0.15, -0.1) is 0 Å². The average molecular weight is 416 g/mol. The Morgan fingerprint density at radius 3 is 2.67 bits per heavy atom. The largest absolute Gasteiger partial charge is 0.477 e. The first kappa shape index (κ1) is 20.1. The minimum atomic E-state index is -4.51. The molecule has 0 saturated heterocycles. The predicted octanol–water partition coefficient (Wildman–Crippen LogP) is 3.78. The lowest BCUT2D eigenvalue weighted by atomic mass is 9.89. The van der Waals surface area contributed by atoms with E-state index in [2.05, 4.69) is 10.1 Å². The van der Waals surface area contributed by atoms with Crippen molar-refractivity contribution >= 4 is 5.97 Å². The van der Waals surface area contributed by atoms with Gasteiger partial charge in [0.25, 0.3) is 0 Å². The maximum absolute atomic E-state index is 13.5. The van der Waals surface area contributed by atoms with Gasteiger partial charge in [0.05, 0.1) is 17.0 Å². The topological polar surface area (TPSA) is 94.0 Å². The molecule has 2 aromatic heterocycles. The fourth-order valence-corrected chi connectivity index (χ4v) is 3.86. The lowest BCUT2D eigenvalue weighted by molar-refractivity contribution is -0.137. The lowest BCUT2D eigenvalue weighted by Crippen LogP contribution is -2.14. The first-order valence-electron chi connectivity index (χ1n) is 9.50. The number of rotatable bonds is 5. The highest BCUT2D eigenvalue weighted by molar-refractivity contribution is 5.91. The molecule has 4 rings (SSSR count). The van der Waals surface area contributed by atoms with Crippen LogP contribution in [0.25, 0.3) is 22.5 Å². The van der Waals surface area contributed by atoms with E-state index in [9.17, 15) is 23.1 Å². The number of hydrogen-bond acceptors (Lipinski definition) is 4. The predicted molar refractivity (Wildman–Crippen MR) is 104 cm³/mol. The summed E-state index contributed by atoms with van der Waals surface area (Å²) in [5.74, 6) is -1.08. The number of aromatic nitrogens is 3. The molecule has 2 heterocycles. The first-order chi connectivity index (χ1) is 14.3. The zero-order chi connectivity index (χ0) is 21.5. The summed E-state index contributed by atoms with van der Waals surface area (Å²) in [6.07, 6.45) is -1.37. The van der Waals surface area contributed by atoms with Crippen LogP contribution < -0.4 is 5.73 Å². The summed E-state index contributed by atoms with van der Waals surface area (Å²) in [6, 6.07) is 6.84. The zero-order valence-electron chi connectivity index (χ0n) is 15.9. The average Bonchev–Trinajstić information content (AvgIpc) is 3.10. The number of nitrogens with zero attached hydrogens (tertiary/aromatic N) is 3. The van der Waals surface area contributed by atoms with Gasteiger partial charge in [-0.25, -0.2) is 4.79 Å². The van der Waals surface area contributed by atoms with E-state index >= 15 is 0 Å². The Morgan fingerprint density at radius 2 is 1.97 bits per heavy atom. The third kappa shape index (κ3) is 3.45. The number of hydrogen-bond donors (Lipinski definition) is 2. The molecule has 1 aromatic carbocycles. The van der Waals surface area contributed by atoms with Crippen LogP contribution in [0.4, 0.5) is 13.2 Å². The van der Waals surface area contributed by atoms with Crippen molar-refractivity contribution in [3.05, 3.63) is 58.9 Å². The van der Waals surface area contributed by atoms with Crippen molar-refractivity contribution in [1.29, 1.82) is 0 Å². The SMILES string of the molecule is NCCCn1nc2c(c1C(=O)O)CCc1cnc(-c3ccccc3C(F)(F)F)cc1-2. The molecule has 0 radical (unpaired) electrons. The Kier molecular flexibility index (Phi) is 5.07. The molecule has 156 valence electrons. The number of carboxylic acids is 1. The molecule has 0 fully saturated rings. The Hall–Kier alpha value is -3.20. The molecule has 0 bridgehead atoms. The Bertz CT molecular complexity index is 1120. The second-order valence-corrected chi connectivity index (χ2v) is 7.12. The quantitative estimate of drug-likeness (QED) is 0.660. The molecule has 0 saturated carbocycles. The van der Waals surface area contributed by atoms with Gasteiger partial charge in [0.15, 0.2) is 0 Å². The molecule has 30 heavy (non-hydrogen) atoms. The summed E-state index contributed by atoms with van der Waals surface area (Å²) in [4.78, 5) is 16.1. The van der Waals surface area contributed by atoms with Gasteiger partial charge in [0, 0.05) is 29.4 Å². The third-order valence-electron chi connectivity index (χ3n) is 5.22. The Morgan fingerprint density at radius 1 is 1.20 bits per heavy atom. The van der Waals surface area contributed by atoms with E-state index < -0.39 is 17.7 Å². The Balaban J connectivity index is 1.87. The molecule has 3 aromatic rings. The molecule has 0 atom stereocenters. The van der Waals surface area contributed by atoms with Gasteiger partial charge in [-0.1, -0.05) is 18.2 Å². The lowest BCUT2D eigenvalue weighted by Gasteiger charge is -2.17. The number of benzene rings is 1. The fraction of sp³-hybridized carbons (Fsp3) is 0.286. The molecule has 0 spiro atoms. The molecule has 1 aliphatic carbocycles. The molecule has 9 heteroatoms. The normalized spacial score (nSPS) is 13.1. The minimum absolute atomic E-state index is 0.0269. The van der Waals surface area contributed by atoms with E-state index in [1.54, 1.807) is 12.3 Å². The van der Waals surface area contributed by atoms with Crippen molar-refractivity contribution in [3.63, 3.8) is 0 Å². The van der Waals surface area contributed by atoms with Gasteiger partial charge in [-0.05, 0) is 43.5 Å². The van der Waals surface area contributed by atoms with Gasteiger partial charge in [-0.3, -0.25) is 9.67 Å². The molecule has 0 aliphatic heterocycles. The number of aromatic carboxylic acids is 1. The number of carbonyl (C=O) groups is 1. The minimum Gasteiger partial charge on any atom is -0.477 e. The van der Waals surface area contributed by atoms with Gasteiger partial charge in [0.1, 0.15) is 5.69 Å². The summed E-state index contributed by atoms with van der Waals surface area (Å²) >= 11 is 0. The smallest absolute Gasteiger partial charge is 0.417 e. The third-order valence-corrected chi connectivity index (χ3v) is 5.22. The van der Waals surface area contributed by atoms with Gasteiger partial charge < -0.3 is 10.8 Å². The number of halogens is 3.